The van der Waals surface area contributed by atoms with Gasteiger partial charge in [0.1, 0.15) is 5.75 Å². The quantitative estimate of drug-likeness (QED) is 0.752. The highest BCUT2D eigenvalue weighted by molar-refractivity contribution is 6.23. The van der Waals surface area contributed by atoms with Crippen molar-refractivity contribution in [2.24, 2.45) is 5.92 Å². The van der Waals surface area contributed by atoms with E-state index in [2.05, 4.69) is 0 Å². The van der Waals surface area contributed by atoms with Crippen LogP contribution in [0.4, 0.5) is 5.69 Å². The lowest BCUT2D eigenvalue weighted by Gasteiger charge is -2.24. The van der Waals surface area contributed by atoms with Gasteiger partial charge in [0.2, 0.25) is 5.91 Å². The lowest BCUT2D eigenvalue weighted by atomic mass is 9.92. The Hall–Kier alpha value is -2.62. The van der Waals surface area contributed by atoms with Crippen LogP contribution in [0.3, 0.4) is 0 Å². The molecule has 2 unspecified atom stereocenters. The molecule has 0 N–H and O–H groups in total. The van der Waals surface area contributed by atoms with Crippen LogP contribution < -0.4 is 9.64 Å². The van der Waals surface area contributed by atoms with E-state index in [4.69, 9.17) is 4.74 Å². The number of benzene rings is 2. The van der Waals surface area contributed by atoms with E-state index >= 15 is 0 Å². The van der Waals surface area contributed by atoms with Gasteiger partial charge in [0.25, 0.3) is 5.91 Å². The minimum atomic E-state index is -0.701. The second kappa shape index (κ2) is 4.45. The van der Waals surface area contributed by atoms with Crippen molar-refractivity contribution in [2.45, 2.75) is 12.5 Å². The first kappa shape index (κ1) is 12.1. The molecule has 4 heteroatoms. The first-order valence-corrected chi connectivity index (χ1v) is 6.93. The molecule has 2 aromatic rings. The molecule has 4 nitrogen and oxygen atoms in total. The monoisotopic (exact) mass is 279 g/mol. The number of amides is 2. The minimum Gasteiger partial charge on any atom is -0.479 e. The van der Waals surface area contributed by atoms with Crippen LogP contribution in [0.5, 0.6) is 5.75 Å². The van der Waals surface area contributed by atoms with Crippen LogP contribution >= 0.6 is 0 Å². The van der Waals surface area contributed by atoms with Gasteiger partial charge in [-0.2, -0.15) is 0 Å². The van der Waals surface area contributed by atoms with Gasteiger partial charge in [0.05, 0.1) is 11.6 Å². The molecule has 2 aromatic carbocycles. The third-order valence-corrected chi connectivity index (χ3v) is 4.05. The Morgan fingerprint density at radius 3 is 2.43 bits per heavy atom. The van der Waals surface area contributed by atoms with Crippen LogP contribution in [0, 0.1) is 5.92 Å². The number of fused-ring (bicyclic) bond motifs is 2. The minimum absolute atomic E-state index is 0.175. The Labute approximate surface area is 121 Å². The number of ether oxygens (including phenoxy) is 1. The summed E-state index contributed by atoms with van der Waals surface area (Å²) < 4.78 is 5.78. The Kier molecular flexibility index (Phi) is 2.57. The fourth-order valence-corrected chi connectivity index (χ4v) is 3.02. The van der Waals surface area contributed by atoms with E-state index in [1.807, 2.05) is 42.5 Å². The van der Waals surface area contributed by atoms with E-state index in [1.54, 1.807) is 12.1 Å². The number of carbonyl (C=O) groups excluding carboxylic acids is 2. The summed E-state index contributed by atoms with van der Waals surface area (Å²) in [4.78, 5) is 26.4. The second-order valence-corrected chi connectivity index (χ2v) is 5.30. The van der Waals surface area contributed by atoms with Gasteiger partial charge in [-0.3, -0.25) is 9.59 Å². The highest BCUT2D eigenvalue weighted by Crippen LogP contribution is 2.37. The van der Waals surface area contributed by atoms with Crippen molar-refractivity contribution in [3.8, 4) is 5.75 Å². The molecule has 0 spiro atoms. The summed E-state index contributed by atoms with van der Waals surface area (Å²) in [5.74, 6) is -0.168. The number of anilines is 1. The molecule has 2 atom stereocenters. The molecule has 0 bridgehead atoms. The van der Waals surface area contributed by atoms with Crippen LogP contribution in [-0.2, 0) is 16.0 Å². The molecule has 0 radical (unpaired) electrons. The summed E-state index contributed by atoms with van der Waals surface area (Å²) in [6.45, 7) is 0. The topological polar surface area (TPSA) is 46.6 Å². The third-order valence-electron chi connectivity index (χ3n) is 4.05. The average Bonchev–Trinajstić information content (AvgIpc) is 2.77. The average molecular weight is 279 g/mol. The Morgan fingerprint density at radius 2 is 1.62 bits per heavy atom. The third kappa shape index (κ3) is 1.76. The molecular weight excluding hydrogens is 266 g/mol. The van der Waals surface area contributed by atoms with Gasteiger partial charge in [-0.05, 0) is 30.2 Å². The molecule has 2 aliphatic rings. The van der Waals surface area contributed by atoms with Crippen molar-refractivity contribution in [2.75, 3.05) is 4.90 Å². The maximum Gasteiger partial charge on any atom is 0.275 e. The van der Waals surface area contributed by atoms with Crippen molar-refractivity contribution in [1.29, 1.82) is 0 Å². The number of imide groups is 1. The van der Waals surface area contributed by atoms with E-state index in [-0.39, 0.29) is 11.8 Å². The molecule has 0 aliphatic carbocycles. The van der Waals surface area contributed by atoms with Crippen LogP contribution in [0.2, 0.25) is 0 Å². The van der Waals surface area contributed by atoms with Gasteiger partial charge >= 0.3 is 0 Å². The zero-order valence-electron chi connectivity index (χ0n) is 11.2. The molecule has 2 aliphatic heterocycles. The van der Waals surface area contributed by atoms with Gasteiger partial charge in [0, 0.05) is 0 Å². The molecule has 1 fully saturated rings. The van der Waals surface area contributed by atoms with Crippen molar-refractivity contribution < 1.29 is 14.3 Å². The molecule has 21 heavy (non-hydrogen) atoms. The molecular formula is C17H13NO3. The van der Waals surface area contributed by atoms with E-state index in [1.165, 1.54) is 4.90 Å². The van der Waals surface area contributed by atoms with Gasteiger partial charge in [-0.15, -0.1) is 0 Å². The number of hydrogen-bond donors (Lipinski definition) is 0. The molecule has 0 aromatic heterocycles. The number of carbonyl (C=O) groups is 2. The van der Waals surface area contributed by atoms with Crippen molar-refractivity contribution in [3.63, 3.8) is 0 Å². The lowest BCUT2D eigenvalue weighted by molar-refractivity contribution is -0.124. The summed E-state index contributed by atoms with van der Waals surface area (Å²) in [6.07, 6.45) is -0.151. The van der Waals surface area contributed by atoms with Gasteiger partial charge in [-0.25, -0.2) is 4.90 Å². The van der Waals surface area contributed by atoms with E-state index < -0.39 is 12.0 Å². The zero-order chi connectivity index (χ0) is 14.4. The molecule has 1 saturated heterocycles. The number of para-hydroxylation sites is 2. The summed E-state index contributed by atoms with van der Waals surface area (Å²) in [5.41, 5.74) is 1.59. The fourth-order valence-electron chi connectivity index (χ4n) is 3.02. The molecule has 2 amide bonds. The maximum absolute atomic E-state index is 12.6. The number of nitrogens with zero attached hydrogens (tertiary/aromatic N) is 1. The summed E-state index contributed by atoms with van der Waals surface area (Å²) in [6, 6.07) is 16.6. The number of hydrogen-bond acceptors (Lipinski definition) is 3. The molecule has 4 rings (SSSR count). The van der Waals surface area contributed by atoms with Crippen LogP contribution in [0.25, 0.3) is 0 Å². The zero-order valence-corrected chi connectivity index (χ0v) is 11.2. The first-order valence-electron chi connectivity index (χ1n) is 6.93. The van der Waals surface area contributed by atoms with E-state index in [0.29, 0.717) is 17.9 Å². The normalized spacial score (nSPS) is 23.5. The number of rotatable bonds is 1. The Balaban J connectivity index is 1.73. The van der Waals surface area contributed by atoms with Gasteiger partial charge in [-0.1, -0.05) is 36.4 Å². The predicted octanol–water partition coefficient (Wildman–Crippen LogP) is 2.18. The highest BCUT2D eigenvalue weighted by atomic mass is 16.5. The summed E-state index contributed by atoms with van der Waals surface area (Å²) in [7, 11) is 0. The van der Waals surface area contributed by atoms with Crippen molar-refractivity contribution >= 4 is 17.5 Å². The Morgan fingerprint density at radius 1 is 0.905 bits per heavy atom. The van der Waals surface area contributed by atoms with Crippen LogP contribution in [0.15, 0.2) is 54.6 Å². The second-order valence-electron chi connectivity index (χ2n) is 5.30. The summed E-state index contributed by atoms with van der Waals surface area (Å²) in [5, 5.41) is 0. The fraction of sp³-hybridized carbons (Fsp3) is 0.176. The predicted molar refractivity (Wildman–Crippen MR) is 77.0 cm³/mol. The van der Waals surface area contributed by atoms with Crippen molar-refractivity contribution in [3.05, 3.63) is 60.2 Å². The lowest BCUT2D eigenvalue weighted by Crippen LogP contribution is -2.36. The van der Waals surface area contributed by atoms with Crippen LogP contribution in [-0.4, -0.2) is 17.9 Å². The van der Waals surface area contributed by atoms with Gasteiger partial charge < -0.3 is 4.74 Å². The van der Waals surface area contributed by atoms with E-state index in [9.17, 15) is 9.59 Å². The van der Waals surface area contributed by atoms with Gasteiger partial charge in [0.15, 0.2) is 6.10 Å². The van der Waals surface area contributed by atoms with Crippen LogP contribution in [0.1, 0.15) is 5.56 Å². The standard InChI is InChI=1S/C17H13NO3/c19-16-13-10-11-6-4-5-9-14(11)21-15(13)17(20)18(16)12-7-2-1-3-8-12/h1-9,13,15H,10H2. The largest absolute Gasteiger partial charge is 0.479 e. The highest BCUT2D eigenvalue weighted by Gasteiger charge is 2.51. The Bertz CT molecular complexity index is 683. The molecule has 2 heterocycles. The first-order chi connectivity index (χ1) is 10.3. The van der Waals surface area contributed by atoms with Crippen molar-refractivity contribution in [1.82, 2.24) is 0 Å². The SMILES string of the molecule is O=C1C2Cc3ccccc3OC2C(=O)N1c1ccccc1. The summed E-state index contributed by atoms with van der Waals surface area (Å²) >= 11 is 0. The molecule has 0 saturated carbocycles. The maximum atomic E-state index is 12.6. The van der Waals surface area contributed by atoms with E-state index in [0.717, 1.165) is 5.56 Å². The smallest absolute Gasteiger partial charge is 0.275 e. The molecule has 104 valence electrons.